The number of aromatic nitrogens is 2. The number of rotatable bonds is 3. The molecule has 0 N–H and O–H groups in total. The maximum atomic E-state index is 13.4. The van der Waals surface area contributed by atoms with Crippen molar-refractivity contribution < 1.29 is 9.53 Å². The van der Waals surface area contributed by atoms with Crippen LogP contribution >= 0.6 is 11.8 Å². The second-order valence-corrected chi connectivity index (χ2v) is 8.04. The highest BCUT2D eigenvalue weighted by Gasteiger charge is 2.39. The molecule has 3 aromatic rings. The number of methoxy groups -OCH3 is 1. The van der Waals surface area contributed by atoms with Crippen molar-refractivity contribution in [2.24, 2.45) is 0 Å². The van der Waals surface area contributed by atoms with Crippen LogP contribution in [0.25, 0.3) is 16.6 Å². The van der Waals surface area contributed by atoms with Crippen LogP contribution in [0.5, 0.6) is 5.75 Å². The number of hydrogen-bond donors (Lipinski definition) is 0. The Morgan fingerprint density at radius 2 is 2.03 bits per heavy atom. The number of thioether (sulfide) groups is 1. The van der Waals surface area contributed by atoms with Crippen molar-refractivity contribution in [3.05, 3.63) is 75.7 Å². The summed E-state index contributed by atoms with van der Waals surface area (Å²) in [5, 5.41) is 2.47. The van der Waals surface area contributed by atoms with Gasteiger partial charge in [0.25, 0.3) is 11.5 Å². The van der Waals surface area contributed by atoms with Gasteiger partial charge in [0.05, 0.1) is 23.7 Å². The predicted molar refractivity (Wildman–Crippen MR) is 114 cm³/mol. The quantitative estimate of drug-likeness (QED) is 0.670. The van der Waals surface area contributed by atoms with Crippen LogP contribution in [-0.4, -0.2) is 39.8 Å². The van der Waals surface area contributed by atoms with Gasteiger partial charge in [-0.1, -0.05) is 24.3 Å². The Morgan fingerprint density at radius 3 is 2.90 bits per heavy atom. The normalized spacial score (nSPS) is 18.2. The molecule has 0 spiro atoms. The molecule has 1 atom stereocenters. The first-order chi connectivity index (χ1) is 14.2. The highest BCUT2D eigenvalue weighted by molar-refractivity contribution is 8.02. The van der Waals surface area contributed by atoms with Gasteiger partial charge in [0.2, 0.25) is 0 Å². The molecule has 1 amide bonds. The van der Waals surface area contributed by atoms with Crippen LogP contribution < -0.4 is 10.3 Å². The number of ether oxygens (including phenoxy) is 1. The third-order valence-electron chi connectivity index (χ3n) is 5.38. The van der Waals surface area contributed by atoms with Crippen LogP contribution in [0.3, 0.4) is 0 Å². The summed E-state index contributed by atoms with van der Waals surface area (Å²) in [6.45, 7) is 0.618. The Bertz CT molecular complexity index is 1220. The molecule has 2 aromatic carbocycles. The summed E-state index contributed by atoms with van der Waals surface area (Å²) in [4.78, 5) is 33.4. The molecule has 0 bridgehead atoms. The van der Waals surface area contributed by atoms with E-state index < -0.39 is 6.04 Å². The summed E-state index contributed by atoms with van der Waals surface area (Å²) in [5.41, 5.74) is 2.13. The molecule has 146 valence electrons. The lowest BCUT2D eigenvalue weighted by Crippen LogP contribution is -2.48. The Balaban J connectivity index is 1.72. The first-order valence-electron chi connectivity index (χ1n) is 9.45. The number of hydrogen-bond acceptors (Lipinski definition) is 5. The molecular formula is C22H19N3O3S. The zero-order valence-corrected chi connectivity index (χ0v) is 16.7. The molecule has 0 fully saturated rings. The number of amides is 1. The van der Waals surface area contributed by atoms with Gasteiger partial charge in [-0.05, 0) is 35.2 Å². The van der Waals surface area contributed by atoms with Crippen LogP contribution in [0, 0.1) is 0 Å². The summed E-state index contributed by atoms with van der Waals surface area (Å²) < 4.78 is 6.90. The fraction of sp³-hybridized carbons (Fsp3) is 0.227. The van der Waals surface area contributed by atoms with Crippen molar-refractivity contribution in [3.8, 4) is 5.75 Å². The molecule has 0 aliphatic carbocycles. The molecule has 0 radical (unpaired) electrons. The second-order valence-electron chi connectivity index (χ2n) is 7.06. The third kappa shape index (κ3) is 2.93. The van der Waals surface area contributed by atoms with Crippen LogP contribution in [-0.2, 0) is 11.2 Å². The number of carbonyl (C=O) groups excluding carboxylic acids is 1. The van der Waals surface area contributed by atoms with E-state index in [9.17, 15) is 9.59 Å². The van der Waals surface area contributed by atoms with Gasteiger partial charge in [-0.2, -0.15) is 0 Å². The topological polar surface area (TPSA) is 64.4 Å². The van der Waals surface area contributed by atoms with Gasteiger partial charge in [-0.15, -0.1) is 11.8 Å². The zero-order chi connectivity index (χ0) is 20.0. The van der Waals surface area contributed by atoms with E-state index in [1.54, 1.807) is 34.4 Å². The Hall–Kier alpha value is -3.06. The minimum Gasteiger partial charge on any atom is -0.497 e. The molecule has 2 aliphatic rings. The summed E-state index contributed by atoms with van der Waals surface area (Å²) in [6, 6.07) is 14.3. The maximum Gasteiger partial charge on any atom is 0.262 e. The molecule has 3 heterocycles. The van der Waals surface area contributed by atoms with E-state index in [2.05, 4.69) is 0 Å². The first-order valence-corrected chi connectivity index (χ1v) is 10.5. The fourth-order valence-corrected chi connectivity index (χ4v) is 4.77. The van der Waals surface area contributed by atoms with E-state index in [0.29, 0.717) is 29.7 Å². The van der Waals surface area contributed by atoms with Crippen molar-refractivity contribution in [1.29, 1.82) is 0 Å². The van der Waals surface area contributed by atoms with E-state index in [-0.39, 0.29) is 11.5 Å². The molecule has 7 heteroatoms. The monoisotopic (exact) mass is 405 g/mol. The highest BCUT2D eigenvalue weighted by atomic mass is 32.2. The van der Waals surface area contributed by atoms with Crippen molar-refractivity contribution in [3.63, 3.8) is 0 Å². The minimum atomic E-state index is -0.637. The maximum absolute atomic E-state index is 13.4. The number of fused-ring (bicyclic) bond motifs is 4. The lowest BCUT2D eigenvalue weighted by molar-refractivity contribution is -0.132. The van der Waals surface area contributed by atoms with Crippen molar-refractivity contribution >= 4 is 34.3 Å². The SMILES string of the molecule is COc1cccc(CC2C(=O)N3CCSC=C3c3nc4ccccc4c(=O)n32)c1. The standard InChI is InChI=1S/C22H19N3O3S/c1-28-15-6-4-5-14(11-15)12-18-22(27)24-9-10-29-13-19(24)20-23-17-8-3-2-7-16(17)21(26)25(18)20/h2-8,11,13,18H,9-10,12H2,1H3. The average Bonchev–Trinajstić information content (AvgIpc) is 2.77. The predicted octanol–water partition coefficient (Wildman–Crippen LogP) is 3.08. The number of nitrogens with zero attached hydrogens (tertiary/aromatic N) is 3. The van der Waals surface area contributed by atoms with Gasteiger partial charge in [-0.25, -0.2) is 4.98 Å². The van der Waals surface area contributed by atoms with E-state index in [0.717, 1.165) is 22.8 Å². The van der Waals surface area contributed by atoms with E-state index in [1.165, 1.54) is 0 Å². The van der Waals surface area contributed by atoms with E-state index in [4.69, 9.17) is 9.72 Å². The summed E-state index contributed by atoms with van der Waals surface area (Å²) >= 11 is 1.64. The summed E-state index contributed by atoms with van der Waals surface area (Å²) in [7, 11) is 1.61. The zero-order valence-electron chi connectivity index (χ0n) is 15.9. The first kappa shape index (κ1) is 18.0. The molecular weight excluding hydrogens is 386 g/mol. The molecule has 1 aromatic heterocycles. The summed E-state index contributed by atoms with van der Waals surface area (Å²) in [5.74, 6) is 2.06. The van der Waals surface area contributed by atoms with Crippen LogP contribution in [0.15, 0.2) is 58.7 Å². The third-order valence-corrected chi connectivity index (χ3v) is 6.19. The molecule has 0 saturated heterocycles. The molecule has 1 unspecified atom stereocenters. The van der Waals surface area contributed by atoms with Crippen molar-refractivity contribution in [1.82, 2.24) is 14.5 Å². The Morgan fingerprint density at radius 1 is 1.17 bits per heavy atom. The largest absolute Gasteiger partial charge is 0.497 e. The van der Waals surface area contributed by atoms with E-state index in [1.807, 2.05) is 47.9 Å². The smallest absolute Gasteiger partial charge is 0.262 e. The lowest BCUT2D eigenvalue weighted by Gasteiger charge is -2.38. The van der Waals surface area contributed by atoms with Gasteiger partial charge < -0.3 is 9.64 Å². The number of carbonyl (C=O) groups is 1. The molecule has 6 nitrogen and oxygen atoms in total. The highest BCUT2D eigenvalue weighted by Crippen LogP contribution is 2.35. The van der Waals surface area contributed by atoms with Gasteiger partial charge >= 0.3 is 0 Å². The van der Waals surface area contributed by atoms with Gasteiger partial charge in [0.1, 0.15) is 11.8 Å². The van der Waals surface area contributed by atoms with Gasteiger partial charge in [0, 0.05) is 18.7 Å². The van der Waals surface area contributed by atoms with Crippen LogP contribution in [0.1, 0.15) is 17.4 Å². The second kappa shape index (κ2) is 7.08. The number of benzene rings is 2. The van der Waals surface area contributed by atoms with Crippen LogP contribution in [0.4, 0.5) is 0 Å². The average molecular weight is 405 g/mol. The van der Waals surface area contributed by atoms with Gasteiger partial charge in [-0.3, -0.25) is 14.2 Å². The number of para-hydroxylation sites is 1. The Kier molecular flexibility index (Phi) is 4.39. The molecule has 29 heavy (non-hydrogen) atoms. The molecule has 0 saturated carbocycles. The molecule has 5 rings (SSSR count). The van der Waals surface area contributed by atoms with Crippen molar-refractivity contribution in [2.45, 2.75) is 12.5 Å². The Labute approximate surface area is 171 Å². The minimum absolute atomic E-state index is 0.0638. The molecule has 2 aliphatic heterocycles. The van der Waals surface area contributed by atoms with Crippen molar-refractivity contribution in [2.75, 3.05) is 19.4 Å². The van der Waals surface area contributed by atoms with Gasteiger partial charge in [0.15, 0.2) is 5.82 Å². The van der Waals surface area contributed by atoms with Crippen LogP contribution in [0.2, 0.25) is 0 Å². The lowest BCUT2D eigenvalue weighted by atomic mass is 10.0. The van der Waals surface area contributed by atoms with E-state index >= 15 is 0 Å². The fourth-order valence-electron chi connectivity index (χ4n) is 3.98. The summed E-state index contributed by atoms with van der Waals surface area (Å²) in [6.07, 6.45) is 0.403.